The summed E-state index contributed by atoms with van der Waals surface area (Å²) in [5, 5.41) is 15.5. The van der Waals surface area contributed by atoms with Crippen molar-refractivity contribution in [2.24, 2.45) is 0 Å². The molecule has 0 atom stereocenters. The smallest absolute Gasteiger partial charge is 0.255 e. The first-order valence-electron chi connectivity index (χ1n) is 10.4. The van der Waals surface area contributed by atoms with Crippen LogP contribution in [0.15, 0.2) is 54.6 Å². The lowest BCUT2D eigenvalue weighted by Crippen LogP contribution is -2.64. The number of hydrogen-bond donors (Lipinski definition) is 3. The van der Waals surface area contributed by atoms with Crippen LogP contribution in [0.1, 0.15) is 49.9 Å². The highest BCUT2D eigenvalue weighted by Crippen LogP contribution is 2.33. The first kappa shape index (κ1) is 22.3. The van der Waals surface area contributed by atoms with Crippen LogP contribution in [0.2, 0.25) is 0 Å². The maximum absolute atomic E-state index is 13.4. The summed E-state index contributed by atoms with van der Waals surface area (Å²) in [7, 11) is 1.70. The fraction of sp³-hybridized carbons (Fsp3) is 0.375. The minimum absolute atomic E-state index is 0.0823. The Bertz CT molecular complexity index is 966. The summed E-state index contributed by atoms with van der Waals surface area (Å²) in [6.45, 7) is 3.16. The molecule has 2 aromatic rings. The van der Waals surface area contributed by atoms with E-state index in [1.807, 2.05) is 30.3 Å². The van der Waals surface area contributed by atoms with Gasteiger partial charge in [0.05, 0.1) is 5.56 Å². The van der Waals surface area contributed by atoms with E-state index in [-0.39, 0.29) is 17.2 Å². The number of nitrogens with zero attached hydrogens (tertiary/aromatic N) is 1. The van der Waals surface area contributed by atoms with Crippen LogP contribution in [0.5, 0.6) is 5.75 Å². The number of phenols is 1. The van der Waals surface area contributed by atoms with E-state index >= 15 is 0 Å². The predicted octanol–water partition coefficient (Wildman–Crippen LogP) is 2.99. The molecule has 31 heavy (non-hydrogen) atoms. The molecule has 1 aliphatic carbocycles. The zero-order valence-electron chi connectivity index (χ0n) is 18.1. The normalized spacial score (nSPS) is 15.2. The van der Waals surface area contributed by atoms with Crippen LogP contribution in [0.4, 0.5) is 5.69 Å². The number of rotatable bonds is 6. The Labute approximate surface area is 182 Å². The second-order valence-electron chi connectivity index (χ2n) is 8.54. The first-order valence-corrected chi connectivity index (χ1v) is 10.4. The van der Waals surface area contributed by atoms with Gasteiger partial charge in [0.1, 0.15) is 16.8 Å². The lowest BCUT2D eigenvalue weighted by atomic mass is 9.92. The summed E-state index contributed by atoms with van der Waals surface area (Å²) in [6, 6.07) is 15.4. The molecule has 0 spiro atoms. The minimum Gasteiger partial charge on any atom is -0.507 e. The Morgan fingerprint density at radius 1 is 0.968 bits per heavy atom. The molecule has 3 amide bonds. The van der Waals surface area contributed by atoms with Gasteiger partial charge >= 0.3 is 0 Å². The van der Waals surface area contributed by atoms with Crippen molar-refractivity contribution in [1.82, 2.24) is 10.6 Å². The number of aromatic hydroxyl groups is 1. The van der Waals surface area contributed by atoms with Crippen molar-refractivity contribution in [2.45, 2.75) is 50.6 Å². The molecule has 0 saturated heterocycles. The van der Waals surface area contributed by atoms with E-state index < -0.39 is 22.9 Å². The summed E-state index contributed by atoms with van der Waals surface area (Å²) in [4.78, 5) is 40.8. The largest absolute Gasteiger partial charge is 0.507 e. The van der Waals surface area contributed by atoms with E-state index in [0.29, 0.717) is 12.8 Å². The molecule has 164 valence electrons. The van der Waals surface area contributed by atoms with E-state index in [9.17, 15) is 19.5 Å². The molecule has 1 saturated carbocycles. The second kappa shape index (κ2) is 8.79. The van der Waals surface area contributed by atoms with Crippen LogP contribution in [-0.4, -0.2) is 41.0 Å². The number of hydrogen-bond acceptors (Lipinski definition) is 4. The van der Waals surface area contributed by atoms with Crippen molar-refractivity contribution in [2.75, 3.05) is 11.9 Å². The van der Waals surface area contributed by atoms with Crippen LogP contribution >= 0.6 is 0 Å². The quantitative estimate of drug-likeness (QED) is 0.665. The number of anilines is 1. The summed E-state index contributed by atoms with van der Waals surface area (Å²) in [5.74, 6) is -1.35. The van der Waals surface area contributed by atoms with Crippen molar-refractivity contribution in [3.63, 3.8) is 0 Å². The van der Waals surface area contributed by atoms with Gasteiger partial charge in [-0.15, -0.1) is 0 Å². The number of para-hydroxylation sites is 2. The molecule has 3 rings (SSSR count). The third kappa shape index (κ3) is 4.71. The van der Waals surface area contributed by atoms with Crippen LogP contribution < -0.4 is 15.5 Å². The average molecular weight is 424 g/mol. The summed E-state index contributed by atoms with van der Waals surface area (Å²) in [6.07, 6.45) is 2.75. The van der Waals surface area contributed by atoms with Gasteiger partial charge in [-0.2, -0.15) is 0 Å². The molecule has 1 aliphatic rings. The van der Waals surface area contributed by atoms with E-state index in [0.717, 1.165) is 18.5 Å². The highest BCUT2D eigenvalue weighted by atomic mass is 16.3. The molecule has 0 aromatic heterocycles. The maximum Gasteiger partial charge on any atom is 0.255 e. The third-order valence-corrected chi connectivity index (χ3v) is 5.81. The molecule has 0 radical (unpaired) electrons. The van der Waals surface area contributed by atoms with Gasteiger partial charge in [0, 0.05) is 12.7 Å². The van der Waals surface area contributed by atoms with Crippen LogP contribution in [0, 0.1) is 0 Å². The molecule has 7 nitrogen and oxygen atoms in total. The monoisotopic (exact) mass is 423 g/mol. The van der Waals surface area contributed by atoms with Gasteiger partial charge < -0.3 is 20.6 Å². The number of nitrogens with one attached hydrogen (secondary N) is 2. The Balaban J connectivity index is 1.77. The molecule has 0 aliphatic heterocycles. The molecular weight excluding hydrogens is 394 g/mol. The Morgan fingerprint density at radius 3 is 2.16 bits per heavy atom. The number of likely N-dealkylation sites (N-methyl/N-ethyl adjacent to an activating group) is 1. The van der Waals surface area contributed by atoms with Gasteiger partial charge in [-0.05, 0) is 51.0 Å². The van der Waals surface area contributed by atoms with Gasteiger partial charge in [0.15, 0.2) is 0 Å². The van der Waals surface area contributed by atoms with Crippen LogP contribution in [0.25, 0.3) is 0 Å². The zero-order valence-corrected chi connectivity index (χ0v) is 18.1. The summed E-state index contributed by atoms with van der Waals surface area (Å²) in [5.41, 5.74) is -1.47. The molecule has 0 bridgehead atoms. The van der Waals surface area contributed by atoms with Crippen molar-refractivity contribution in [3.05, 3.63) is 60.2 Å². The summed E-state index contributed by atoms with van der Waals surface area (Å²) < 4.78 is 0. The van der Waals surface area contributed by atoms with Crippen molar-refractivity contribution >= 4 is 23.4 Å². The van der Waals surface area contributed by atoms with Gasteiger partial charge in [0.2, 0.25) is 5.91 Å². The van der Waals surface area contributed by atoms with Crippen molar-refractivity contribution < 1.29 is 19.5 Å². The average Bonchev–Trinajstić information content (AvgIpc) is 3.22. The third-order valence-electron chi connectivity index (χ3n) is 5.81. The number of carbonyl (C=O) groups is 3. The fourth-order valence-electron chi connectivity index (χ4n) is 3.91. The predicted molar refractivity (Wildman–Crippen MR) is 119 cm³/mol. The van der Waals surface area contributed by atoms with Crippen LogP contribution in [-0.2, 0) is 9.59 Å². The van der Waals surface area contributed by atoms with Gasteiger partial charge in [-0.3, -0.25) is 14.4 Å². The second-order valence-corrected chi connectivity index (χ2v) is 8.54. The topological polar surface area (TPSA) is 98.7 Å². The Kier molecular flexibility index (Phi) is 6.34. The molecule has 0 heterocycles. The fourth-order valence-corrected chi connectivity index (χ4v) is 3.91. The number of benzene rings is 2. The Hall–Kier alpha value is -3.35. The first-order chi connectivity index (χ1) is 14.7. The standard InChI is InChI=1S/C24H29N3O4/c1-23(2,25-20(29)18-13-7-8-14-19(18)28)21(30)26-24(15-9-10-16-24)22(31)27(3)17-11-5-4-6-12-17/h4-8,11-14,28H,9-10,15-16H2,1-3H3,(H,25,29)(H,26,30). The van der Waals surface area contributed by atoms with Crippen molar-refractivity contribution in [1.29, 1.82) is 0 Å². The van der Waals surface area contributed by atoms with Gasteiger partial charge in [-0.25, -0.2) is 0 Å². The molecule has 0 unspecified atom stereocenters. The van der Waals surface area contributed by atoms with E-state index in [1.54, 1.807) is 37.9 Å². The summed E-state index contributed by atoms with van der Waals surface area (Å²) >= 11 is 0. The maximum atomic E-state index is 13.4. The number of carbonyl (C=O) groups excluding carboxylic acids is 3. The highest BCUT2D eigenvalue weighted by Gasteiger charge is 2.46. The highest BCUT2D eigenvalue weighted by molar-refractivity contribution is 6.05. The molecule has 1 fully saturated rings. The molecular formula is C24H29N3O4. The molecule has 3 N–H and O–H groups in total. The molecule has 2 aromatic carbocycles. The van der Waals surface area contributed by atoms with Gasteiger partial charge in [-0.1, -0.05) is 43.2 Å². The minimum atomic E-state index is -1.29. The Morgan fingerprint density at radius 2 is 1.55 bits per heavy atom. The van der Waals surface area contributed by atoms with Crippen LogP contribution in [0.3, 0.4) is 0 Å². The van der Waals surface area contributed by atoms with E-state index in [1.165, 1.54) is 12.1 Å². The van der Waals surface area contributed by atoms with E-state index in [4.69, 9.17) is 0 Å². The van der Waals surface area contributed by atoms with E-state index in [2.05, 4.69) is 10.6 Å². The van der Waals surface area contributed by atoms with Crippen molar-refractivity contribution in [3.8, 4) is 5.75 Å². The SMILES string of the molecule is CN(C(=O)C1(NC(=O)C(C)(C)NC(=O)c2ccccc2O)CCCC1)c1ccccc1. The zero-order chi connectivity index (χ0) is 22.6. The lowest BCUT2D eigenvalue weighted by Gasteiger charge is -2.36. The van der Waals surface area contributed by atoms with Gasteiger partial charge in [0.25, 0.3) is 11.8 Å². The molecule has 7 heteroatoms. The number of phenolic OH excluding ortho intramolecular Hbond substituents is 1. The number of amides is 3. The lowest BCUT2D eigenvalue weighted by molar-refractivity contribution is -0.134.